The number of nitrogens with one attached hydrogen (secondary N) is 1. The van der Waals surface area contributed by atoms with Crippen LogP contribution in [0.15, 0.2) is 24.3 Å². The fourth-order valence-corrected chi connectivity index (χ4v) is 11.7. The highest BCUT2D eigenvalue weighted by Crippen LogP contribution is 2.18. The quantitative estimate of drug-likeness (QED) is 0.0484. The smallest absolute Gasteiger partial charge is 0.0232 e. The molecule has 1 saturated heterocycles. The van der Waals surface area contributed by atoms with Crippen molar-refractivity contribution in [1.82, 2.24) is 24.9 Å². The molecule has 1 aliphatic heterocycles. The fourth-order valence-electron chi connectivity index (χ4n) is 11.7. The van der Waals surface area contributed by atoms with Gasteiger partial charge in [0.1, 0.15) is 0 Å². The third kappa shape index (κ3) is 51.2. The minimum absolute atomic E-state index is 0.667. The van der Waals surface area contributed by atoms with E-state index >= 15 is 0 Å². The van der Waals surface area contributed by atoms with Crippen LogP contribution in [0.4, 0.5) is 0 Å². The van der Waals surface area contributed by atoms with Crippen LogP contribution >= 0.6 is 0 Å². The molecule has 0 aliphatic carbocycles. The van der Waals surface area contributed by atoms with Gasteiger partial charge in [-0.3, -0.25) is 9.80 Å². The van der Waals surface area contributed by atoms with Gasteiger partial charge in [-0.1, -0.05) is 271 Å². The summed E-state index contributed by atoms with van der Waals surface area (Å²) in [6, 6.07) is 0.667. The Hall–Kier alpha value is -0.720. The van der Waals surface area contributed by atoms with Gasteiger partial charge in [0, 0.05) is 51.9 Å². The summed E-state index contributed by atoms with van der Waals surface area (Å²) in [5.74, 6) is 0. The van der Waals surface area contributed by atoms with Crippen LogP contribution in [0.5, 0.6) is 0 Å². The van der Waals surface area contributed by atoms with Gasteiger partial charge in [0.15, 0.2) is 0 Å². The maximum Gasteiger partial charge on any atom is 0.0232 e. The molecule has 0 spiro atoms. The fraction of sp³-hybridized carbons (Fsp3) is 0.943. The molecule has 0 aromatic carbocycles. The molecule has 1 rings (SSSR count). The molecule has 1 heterocycles. The third-order valence-corrected chi connectivity index (χ3v) is 17.1. The molecule has 1 unspecified atom stereocenters. The Morgan fingerprint density at radius 2 is 0.613 bits per heavy atom. The molecule has 1 N–H and O–H groups in total. The van der Waals surface area contributed by atoms with Crippen LogP contribution in [0.3, 0.4) is 0 Å². The minimum Gasteiger partial charge on any atom is -0.315 e. The molecule has 1 atom stereocenters. The second kappa shape index (κ2) is 60.9. The highest BCUT2D eigenvalue weighted by Gasteiger charge is 2.22. The van der Waals surface area contributed by atoms with Crippen molar-refractivity contribution in [2.24, 2.45) is 0 Å². The van der Waals surface area contributed by atoms with Gasteiger partial charge in [0.05, 0.1) is 0 Å². The summed E-state index contributed by atoms with van der Waals surface area (Å²) in [5.41, 5.74) is 0. The molecule has 1 fully saturated rings. The van der Waals surface area contributed by atoms with Crippen LogP contribution in [-0.4, -0.2) is 111 Å². The van der Waals surface area contributed by atoms with Crippen molar-refractivity contribution in [3.8, 4) is 0 Å². The first-order valence-electron chi connectivity index (χ1n) is 35.1. The van der Waals surface area contributed by atoms with Crippen LogP contribution in [0, 0.1) is 0 Å². The molecular weight excluding hydrogens is 911 g/mol. The maximum absolute atomic E-state index is 4.08. The Bertz CT molecular complexity index is 1060. The minimum atomic E-state index is 0.667. The normalized spacial score (nSPS) is 14.3. The predicted octanol–water partition coefficient (Wildman–Crippen LogP) is 20.7. The molecule has 0 saturated carbocycles. The summed E-state index contributed by atoms with van der Waals surface area (Å²) < 4.78 is 0. The van der Waals surface area contributed by atoms with E-state index in [-0.39, 0.29) is 0 Å². The van der Waals surface area contributed by atoms with Crippen molar-refractivity contribution in [3.63, 3.8) is 0 Å². The Morgan fingerprint density at radius 1 is 0.320 bits per heavy atom. The van der Waals surface area contributed by atoms with E-state index in [1.54, 1.807) is 0 Å². The summed E-state index contributed by atoms with van der Waals surface area (Å²) in [5, 5.41) is 4.08. The van der Waals surface area contributed by atoms with Crippen molar-refractivity contribution < 1.29 is 0 Å². The van der Waals surface area contributed by atoms with Crippen LogP contribution in [0.25, 0.3) is 0 Å². The standard InChI is InChI=1S/C70H141N5/c1-6-11-16-21-26-31-36-41-46-51-57-71-69-70(75(60-54-49-44-39-34-29-24-19-14-9-4)61-55-50-45-40-35-30-25-20-15-10-5)56-62-73-64-67-74(68-65-73)66-63-72(58-52-47-42-37-32-27-22-17-12-7-2)59-53-48-43-38-33-28-23-18-13-8-3/h27-28,32-33,70-71H,6-26,29-31,34-69H2,1-5H3/b32-27-,33-28-. The first-order chi connectivity index (χ1) is 37.2. The molecule has 0 aromatic rings. The van der Waals surface area contributed by atoms with E-state index in [1.165, 1.54) is 387 Å². The third-order valence-electron chi connectivity index (χ3n) is 17.1. The first kappa shape index (κ1) is 72.3. The van der Waals surface area contributed by atoms with Gasteiger partial charge in [0.25, 0.3) is 0 Å². The average Bonchev–Trinajstić information content (AvgIpc) is 3.42. The van der Waals surface area contributed by atoms with Gasteiger partial charge in [0.2, 0.25) is 0 Å². The molecule has 5 nitrogen and oxygen atoms in total. The second-order valence-electron chi connectivity index (χ2n) is 24.4. The van der Waals surface area contributed by atoms with E-state index in [0.717, 1.165) is 0 Å². The summed E-state index contributed by atoms with van der Waals surface area (Å²) in [6.45, 7) is 28.1. The summed E-state index contributed by atoms with van der Waals surface area (Å²) in [7, 11) is 0. The lowest BCUT2D eigenvalue weighted by atomic mass is 10.0. The van der Waals surface area contributed by atoms with Gasteiger partial charge >= 0.3 is 0 Å². The van der Waals surface area contributed by atoms with Crippen LogP contribution in [0.1, 0.15) is 336 Å². The van der Waals surface area contributed by atoms with Gasteiger partial charge in [-0.2, -0.15) is 0 Å². The number of allylic oxidation sites excluding steroid dienone is 4. The Morgan fingerprint density at radius 3 is 1.00 bits per heavy atom. The number of rotatable bonds is 62. The molecule has 1 aliphatic rings. The molecule has 75 heavy (non-hydrogen) atoms. The number of nitrogens with zero attached hydrogens (tertiary/aromatic N) is 4. The molecule has 0 bridgehead atoms. The van der Waals surface area contributed by atoms with E-state index in [2.05, 4.69) is 83.8 Å². The lowest BCUT2D eigenvalue weighted by Crippen LogP contribution is -2.50. The van der Waals surface area contributed by atoms with Crippen molar-refractivity contribution in [1.29, 1.82) is 0 Å². The van der Waals surface area contributed by atoms with Gasteiger partial charge in [-0.05, 0) is 129 Å². The van der Waals surface area contributed by atoms with Gasteiger partial charge in [-0.25, -0.2) is 0 Å². The number of piperazine rings is 1. The highest BCUT2D eigenvalue weighted by atomic mass is 15.3. The van der Waals surface area contributed by atoms with E-state index in [4.69, 9.17) is 0 Å². The molecule has 446 valence electrons. The summed E-state index contributed by atoms with van der Waals surface area (Å²) >= 11 is 0. The van der Waals surface area contributed by atoms with E-state index in [1.807, 2.05) is 0 Å². The second-order valence-corrected chi connectivity index (χ2v) is 24.4. The number of hydrogen-bond acceptors (Lipinski definition) is 5. The zero-order chi connectivity index (χ0) is 53.8. The Labute approximate surface area is 474 Å². The number of hydrogen-bond donors (Lipinski definition) is 1. The van der Waals surface area contributed by atoms with Gasteiger partial charge in [-0.15, -0.1) is 0 Å². The zero-order valence-corrected chi connectivity index (χ0v) is 52.6. The molecule has 0 amide bonds. The summed E-state index contributed by atoms with van der Waals surface area (Å²) in [6.07, 6.45) is 75.5. The van der Waals surface area contributed by atoms with Crippen molar-refractivity contribution in [2.45, 2.75) is 342 Å². The zero-order valence-electron chi connectivity index (χ0n) is 52.6. The first-order valence-corrected chi connectivity index (χ1v) is 35.1. The molecule has 0 aromatic heterocycles. The van der Waals surface area contributed by atoms with E-state index in [0.29, 0.717) is 6.04 Å². The predicted molar refractivity (Wildman–Crippen MR) is 341 cm³/mol. The van der Waals surface area contributed by atoms with Crippen LogP contribution in [0.2, 0.25) is 0 Å². The van der Waals surface area contributed by atoms with Gasteiger partial charge < -0.3 is 15.1 Å². The monoisotopic (exact) mass is 1050 g/mol. The average molecular weight is 1050 g/mol. The SMILES string of the molecule is CCCCC/C=C\CCCCCN(CCCCC/C=C\CCCCC)CCN1CCN(CCC(CNCCCCCCCCCCCC)N(CCCCCCCCCCCC)CCCCCCCCCCCC)CC1. The largest absolute Gasteiger partial charge is 0.315 e. The molecule has 5 heteroatoms. The topological polar surface area (TPSA) is 25.0 Å². The highest BCUT2D eigenvalue weighted by molar-refractivity contribution is 4.83. The van der Waals surface area contributed by atoms with E-state index in [9.17, 15) is 0 Å². The van der Waals surface area contributed by atoms with Crippen LogP contribution < -0.4 is 5.32 Å². The van der Waals surface area contributed by atoms with Crippen molar-refractivity contribution in [2.75, 3.05) is 85.1 Å². The Kier molecular flexibility index (Phi) is 58.7. The molecule has 0 radical (unpaired) electrons. The lowest BCUT2D eigenvalue weighted by molar-refractivity contribution is 0.102. The van der Waals surface area contributed by atoms with Crippen molar-refractivity contribution in [3.05, 3.63) is 24.3 Å². The summed E-state index contributed by atoms with van der Waals surface area (Å²) in [4.78, 5) is 11.6. The molecular formula is C70H141N5. The van der Waals surface area contributed by atoms with E-state index < -0.39 is 0 Å². The number of unbranched alkanes of at least 4 members (excludes halogenated alkanes) is 39. The van der Waals surface area contributed by atoms with Crippen molar-refractivity contribution >= 4 is 0 Å². The maximum atomic E-state index is 4.08. The van der Waals surface area contributed by atoms with Crippen LogP contribution in [-0.2, 0) is 0 Å². The lowest BCUT2D eigenvalue weighted by Gasteiger charge is -2.38. The Balaban J connectivity index is 2.81.